The highest BCUT2D eigenvalue weighted by atomic mass is 32.1. The topological polar surface area (TPSA) is 119 Å². The summed E-state index contributed by atoms with van der Waals surface area (Å²) in [7, 11) is 1.59. The van der Waals surface area contributed by atoms with E-state index in [1.54, 1.807) is 36.8 Å². The first kappa shape index (κ1) is 19.0. The molecule has 3 rings (SSSR count). The van der Waals surface area contributed by atoms with Crippen molar-refractivity contribution >= 4 is 40.0 Å². The smallest absolute Gasteiger partial charge is 0.290 e. The second kappa shape index (κ2) is 8.73. The van der Waals surface area contributed by atoms with Gasteiger partial charge in [0, 0.05) is 23.2 Å². The Morgan fingerprint density at radius 2 is 1.93 bits per heavy atom. The van der Waals surface area contributed by atoms with E-state index in [0.29, 0.717) is 10.8 Å². The number of nitrogens with one attached hydrogen (secondary N) is 2. The predicted octanol–water partition coefficient (Wildman–Crippen LogP) is 3.57. The van der Waals surface area contributed by atoms with Crippen LogP contribution < -0.4 is 15.5 Å². The quantitative estimate of drug-likeness (QED) is 0.357. The second-order valence-electron chi connectivity index (χ2n) is 5.44. The minimum absolute atomic E-state index is 0.000484. The van der Waals surface area contributed by atoms with Crippen molar-refractivity contribution in [1.29, 1.82) is 0 Å². The van der Waals surface area contributed by atoms with E-state index in [1.165, 1.54) is 29.7 Å². The van der Waals surface area contributed by atoms with Crippen molar-refractivity contribution in [3.05, 3.63) is 75.3 Å². The van der Waals surface area contributed by atoms with Crippen LogP contribution in [0.5, 0.6) is 5.75 Å². The van der Waals surface area contributed by atoms with Gasteiger partial charge in [-0.25, -0.2) is 10.4 Å². The van der Waals surface area contributed by atoms with Crippen molar-refractivity contribution in [2.45, 2.75) is 0 Å². The van der Waals surface area contributed by atoms with Gasteiger partial charge < -0.3 is 10.1 Å². The van der Waals surface area contributed by atoms with E-state index in [4.69, 9.17) is 4.74 Å². The van der Waals surface area contributed by atoms with Gasteiger partial charge in [0.1, 0.15) is 11.4 Å². The number of nitrogens with zero attached hydrogens (tertiary/aromatic N) is 3. The van der Waals surface area contributed by atoms with Crippen LogP contribution in [-0.2, 0) is 0 Å². The van der Waals surface area contributed by atoms with Crippen molar-refractivity contribution in [3.63, 3.8) is 0 Å². The Morgan fingerprint density at radius 1 is 1.21 bits per heavy atom. The standard InChI is InChI=1S/C18H15N5O4S/c1-27-15-8-2-12(3-9-15)10-19-22-17(24)16-11-28-18(21-16)20-13-4-6-14(7-5-13)23(25)26/h2-11H,1H3,(H,20,21)(H,22,24)/b19-10+. The lowest BCUT2D eigenvalue weighted by molar-refractivity contribution is -0.384. The first-order chi connectivity index (χ1) is 13.5. The summed E-state index contributed by atoms with van der Waals surface area (Å²) in [6.07, 6.45) is 1.51. The lowest BCUT2D eigenvalue weighted by Gasteiger charge is -2.01. The number of non-ortho nitro benzene ring substituents is 1. The van der Waals surface area contributed by atoms with Crippen LogP contribution in [0.1, 0.15) is 16.1 Å². The molecule has 9 nitrogen and oxygen atoms in total. The van der Waals surface area contributed by atoms with E-state index in [1.807, 2.05) is 12.1 Å². The Kier molecular flexibility index (Phi) is 5.92. The molecule has 0 saturated heterocycles. The van der Waals surface area contributed by atoms with Gasteiger partial charge in [-0.05, 0) is 42.0 Å². The monoisotopic (exact) mass is 397 g/mol. The molecule has 0 fully saturated rings. The number of nitro benzene ring substituents is 1. The number of methoxy groups -OCH3 is 1. The minimum atomic E-state index is -0.470. The van der Waals surface area contributed by atoms with Gasteiger partial charge in [-0.2, -0.15) is 5.10 Å². The number of carbonyl (C=O) groups excluding carboxylic acids is 1. The zero-order chi connectivity index (χ0) is 19.9. The summed E-state index contributed by atoms with van der Waals surface area (Å²) in [6, 6.07) is 13.1. The summed E-state index contributed by atoms with van der Waals surface area (Å²) in [5.41, 5.74) is 4.06. The molecule has 0 atom stereocenters. The van der Waals surface area contributed by atoms with Gasteiger partial charge in [0.05, 0.1) is 18.2 Å². The summed E-state index contributed by atoms with van der Waals surface area (Å²) >= 11 is 1.23. The first-order valence-corrected chi connectivity index (χ1v) is 8.87. The fourth-order valence-corrected chi connectivity index (χ4v) is 2.85. The van der Waals surface area contributed by atoms with Crippen LogP contribution in [0.4, 0.5) is 16.5 Å². The van der Waals surface area contributed by atoms with Gasteiger partial charge in [0.25, 0.3) is 11.6 Å². The van der Waals surface area contributed by atoms with Crippen LogP contribution in [0, 0.1) is 10.1 Å². The summed E-state index contributed by atoms with van der Waals surface area (Å²) in [4.78, 5) is 26.5. The van der Waals surface area contributed by atoms with Gasteiger partial charge in [0.2, 0.25) is 0 Å². The van der Waals surface area contributed by atoms with Crippen molar-refractivity contribution in [2.24, 2.45) is 5.10 Å². The normalized spacial score (nSPS) is 10.6. The fraction of sp³-hybridized carbons (Fsp3) is 0.0556. The Balaban J connectivity index is 1.57. The van der Waals surface area contributed by atoms with Crippen LogP contribution in [0.25, 0.3) is 0 Å². The van der Waals surface area contributed by atoms with E-state index in [-0.39, 0.29) is 11.4 Å². The molecule has 1 heterocycles. The summed E-state index contributed by atoms with van der Waals surface area (Å²) in [5.74, 6) is 0.287. The third kappa shape index (κ3) is 4.89. The van der Waals surface area contributed by atoms with Crippen LogP contribution in [0.15, 0.2) is 59.0 Å². The van der Waals surface area contributed by atoms with E-state index in [9.17, 15) is 14.9 Å². The maximum atomic E-state index is 12.1. The average Bonchev–Trinajstić information content (AvgIpc) is 3.17. The molecule has 0 radical (unpaired) electrons. The molecule has 0 aliphatic rings. The molecule has 28 heavy (non-hydrogen) atoms. The van der Waals surface area contributed by atoms with Crippen LogP contribution in [0.3, 0.4) is 0 Å². The van der Waals surface area contributed by atoms with E-state index < -0.39 is 10.8 Å². The molecule has 0 saturated carbocycles. The number of benzene rings is 2. The third-order valence-electron chi connectivity index (χ3n) is 3.56. The summed E-state index contributed by atoms with van der Waals surface area (Å²) < 4.78 is 5.07. The number of hydrogen-bond donors (Lipinski definition) is 2. The number of anilines is 2. The lowest BCUT2D eigenvalue weighted by Crippen LogP contribution is -2.18. The van der Waals surface area contributed by atoms with Gasteiger partial charge in [-0.15, -0.1) is 11.3 Å². The highest BCUT2D eigenvalue weighted by Gasteiger charge is 2.11. The molecule has 3 aromatic rings. The number of hydrazone groups is 1. The van der Waals surface area contributed by atoms with Crippen LogP contribution in [-0.4, -0.2) is 29.1 Å². The maximum absolute atomic E-state index is 12.1. The average molecular weight is 397 g/mol. The first-order valence-electron chi connectivity index (χ1n) is 7.99. The molecule has 0 aliphatic heterocycles. The largest absolute Gasteiger partial charge is 0.497 e. The Hall–Kier alpha value is -3.79. The number of rotatable bonds is 7. The van der Waals surface area contributed by atoms with E-state index >= 15 is 0 Å². The summed E-state index contributed by atoms with van der Waals surface area (Å²) in [5, 5.41) is 19.6. The van der Waals surface area contributed by atoms with Gasteiger partial charge in [-0.1, -0.05) is 0 Å². The molecule has 2 N–H and O–H groups in total. The predicted molar refractivity (Wildman–Crippen MR) is 107 cm³/mol. The molecular formula is C18H15N5O4S. The minimum Gasteiger partial charge on any atom is -0.497 e. The number of carbonyl (C=O) groups is 1. The SMILES string of the molecule is COc1ccc(/C=N/NC(=O)c2csc(Nc3ccc([N+](=O)[O-])cc3)n2)cc1. The number of nitro groups is 1. The third-order valence-corrected chi connectivity index (χ3v) is 4.32. The highest BCUT2D eigenvalue weighted by molar-refractivity contribution is 7.14. The Bertz CT molecular complexity index is 1000. The summed E-state index contributed by atoms with van der Waals surface area (Å²) in [6.45, 7) is 0. The van der Waals surface area contributed by atoms with Crippen LogP contribution >= 0.6 is 11.3 Å². The number of hydrogen-bond acceptors (Lipinski definition) is 8. The highest BCUT2D eigenvalue weighted by Crippen LogP contribution is 2.22. The molecule has 10 heteroatoms. The van der Waals surface area contributed by atoms with E-state index in [0.717, 1.165) is 11.3 Å². The van der Waals surface area contributed by atoms with Crippen molar-refractivity contribution in [1.82, 2.24) is 10.4 Å². The molecule has 0 unspecified atom stereocenters. The molecule has 0 aliphatic carbocycles. The van der Waals surface area contributed by atoms with Crippen molar-refractivity contribution in [3.8, 4) is 5.75 Å². The van der Waals surface area contributed by atoms with Gasteiger partial charge in [0.15, 0.2) is 5.13 Å². The number of ether oxygens (including phenoxy) is 1. The fourth-order valence-electron chi connectivity index (χ4n) is 2.14. The van der Waals surface area contributed by atoms with E-state index in [2.05, 4.69) is 20.8 Å². The van der Waals surface area contributed by atoms with Gasteiger partial charge in [-0.3, -0.25) is 14.9 Å². The lowest BCUT2D eigenvalue weighted by atomic mass is 10.2. The van der Waals surface area contributed by atoms with Gasteiger partial charge >= 0.3 is 0 Å². The molecular weight excluding hydrogens is 382 g/mol. The van der Waals surface area contributed by atoms with Crippen molar-refractivity contribution < 1.29 is 14.5 Å². The maximum Gasteiger partial charge on any atom is 0.290 e. The number of aromatic nitrogens is 1. The molecule has 0 bridgehead atoms. The molecule has 142 valence electrons. The zero-order valence-electron chi connectivity index (χ0n) is 14.7. The molecule has 0 spiro atoms. The molecule has 2 aromatic carbocycles. The van der Waals surface area contributed by atoms with Crippen molar-refractivity contribution in [2.75, 3.05) is 12.4 Å². The molecule has 1 amide bonds. The zero-order valence-corrected chi connectivity index (χ0v) is 15.5. The second-order valence-corrected chi connectivity index (χ2v) is 6.30. The number of amides is 1. The van der Waals surface area contributed by atoms with Crippen LogP contribution in [0.2, 0.25) is 0 Å². The Labute approximate surface area is 163 Å². The number of thiazole rings is 1. The Morgan fingerprint density at radius 3 is 2.57 bits per heavy atom. The molecule has 1 aromatic heterocycles.